The van der Waals surface area contributed by atoms with Crippen LogP contribution in [0, 0.1) is 6.92 Å². The van der Waals surface area contributed by atoms with Crippen LogP contribution in [0.25, 0.3) is 0 Å². The molecule has 1 rings (SSSR count). The van der Waals surface area contributed by atoms with Gasteiger partial charge in [-0.15, -0.1) is 11.8 Å². The molecule has 0 aromatic heterocycles. The van der Waals surface area contributed by atoms with Gasteiger partial charge in [0.15, 0.2) is 0 Å². The van der Waals surface area contributed by atoms with Crippen LogP contribution >= 0.6 is 11.8 Å². The van der Waals surface area contributed by atoms with Crippen molar-refractivity contribution in [3.63, 3.8) is 0 Å². The Morgan fingerprint density at radius 2 is 2.10 bits per heavy atom. The number of rotatable bonds is 5. The van der Waals surface area contributed by atoms with Crippen molar-refractivity contribution in [1.82, 2.24) is 5.32 Å². The van der Waals surface area contributed by atoms with Gasteiger partial charge in [-0.05, 0) is 31.5 Å². The van der Waals surface area contributed by atoms with Gasteiger partial charge < -0.3 is 15.7 Å². The number of amides is 2. The summed E-state index contributed by atoms with van der Waals surface area (Å²) in [4.78, 5) is 12.0. The van der Waals surface area contributed by atoms with Crippen molar-refractivity contribution in [2.45, 2.75) is 31.0 Å². The zero-order valence-electron chi connectivity index (χ0n) is 11.6. The topological polar surface area (TPSA) is 61.4 Å². The number of hydrogen-bond donors (Lipinski definition) is 3. The Bertz CT molecular complexity index is 495. The fourth-order valence-corrected chi connectivity index (χ4v) is 2.20. The molecule has 0 fully saturated rings. The van der Waals surface area contributed by atoms with E-state index in [1.165, 1.54) is 6.07 Å². The van der Waals surface area contributed by atoms with E-state index in [1.54, 1.807) is 26.0 Å². The average Bonchev–Trinajstić information content (AvgIpc) is 2.36. The fraction of sp³-hybridized carbons (Fsp3) is 0.462. The molecule has 0 saturated heterocycles. The second-order valence-corrected chi connectivity index (χ2v) is 5.60. The molecule has 0 saturated carbocycles. The highest BCUT2D eigenvalue weighted by Gasteiger charge is 2.27. The second kappa shape index (κ2) is 7.56. The molecule has 0 bridgehead atoms. The molecule has 0 aliphatic heterocycles. The summed E-state index contributed by atoms with van der Waals surface area (Å²) in [6, 6.07) is 3.80. The van der Waals surface area contributed by atoms with Crippen LogP contribution in [0.2, 0.25) is 0 Å². The molecule has 2 amide bonds. The Kier molecular flexibility index (Phi) is 6.35. The highest BCUT2D eigenvalue weighted by Crippen LogP contribution is 2.32. The number of urea groups is 1. The number of aryl methyl sites for hydroxylation is 1. The van der Waals surface area contributed by atoms with Crippen molar-refractivity contribution in [1.29, 1.82) is 0 Å². The van der Waals surface area contributed by atoms with E-state index in [0.717, 1.165) is 5.56 Å². The molecule has 0 spiro atoms. The SMILES string of the molecule is Cc1ccc(SCC(F)(F)F)c(NC(=O)N[C@@H](C)CO)c1. The number of thioether (sulfide) groups is 1. The molecule has 118 valence electrons. The van der Waals surface area contributed by atoms with E-state index in [9.17, 15) is 18.0 Å². The first-order chi connectivity index (χ1) is 9.71. The number of hydrogen-bond acceptors (Lipinski definition) is 3. The fourth-order valence-electron chi connectivity index (χ4n) is 1.45. The summed E-state index contributed by atoms with van der Waals surface area (Å²) < 4.78 is 36.9. The van der Waals surface area contributed by atoms with Crippen molar-refractivity contribution >= 4 is 23.5 Å². The van der Waals surface area contributed by atoms with Crippen molar-refractivity contribution in [2.24, 2.45) is 0 Å². The highest BCUT2D eigenvalue weighted by atomic mass is 32.2. The van der Waals surface area contributed by atoms with E-state index < -0.39 is 24.0 Å². The van der Waals surface area contributed by atoms with Crippen LogP contribution in [-0.2, 0) is 0 Å². The van der Waals surface area contributed by atoms with Crippen molar-refractivity contribution < 1.29 is 23.1 Å². The number of benzene rings is 1. The van der Waals surface area contributed by atoms with E-state index >= 15 is 0 Å². The van der Waals surface area contributed by atoms with Crippen molar-refractivity contribution in [3.8, 4) is 0 Å². The minimum atomic E-state index is -4.28. The lowest BCUT2D eigenvalue weighted by atomic mass is 10.2. The molecule has 21 heavy (non-hydrogen) atoms. The monoisotopic (exact) mass is 322 g/mol. The Labute approximate surface area is 125 Å². The molecule has 3 N–H and O–H groups in total. The van der Waals surface area contributed by atoms with E-state index in [0.29, 0.717) is 22.3 Å². The lowest BCUT2D eigenvalue weighted by Gasteiger charge is -2.15. The predicted octanol–water partition coefficient (Wildman–Crippen LogP) is 3.15. The molecule has 0 aliphatic rings. The molecule has 1 aromatic rings. The maximum atomic E-state index is 12.3. The number of alkyl halides is 3. The van der Waals surface area contributed by atoms with E-state index in [2.05, 4.69) is 10.6 Å². The Balaban J connectivity index is 2.79. The van der Waals surface area contributed by atoms with Gasteiger partial charge in [-0.2, -0.15) is 13.2 Å². The zero-order valence-corrected chi connectivity index (χ0v) is 12.4. The van der Waals surface area contributed by atoms with Gasteiger partial charge in [0.05, 0.1) is 24.1 Å². The van der Waals surface area contributed by atoms with E-state index in [1.807, 2.05) is 0 Å². The molecule has 1 atom stereocenters. The maximum absolute atomic E-state index is 12.3. The summed E-state index contributed by atoms with van der Waals surface area (Å²) in [6.07, 6.45) is -4.28. The Morgan fingerprint density at radius 3 is 2.67 bits per heavy atom. The molecule has 4 nitrogen and oxygen atoms in total. The lowest BCUT2D eigenvalue weighted by molar-refractivity contribution is -0.105. The first-order valence-corrected chi connectivity index (χ1v) is 7.18. The van der Waals surface area contributed by atoms with Crippen molar-refractivity contribution in [2.75, 3.05) is 17.7 Å². The normalized spacial score (nSPS) is 12.9. The first-order valence-electron chi connectivity index (χ1n) is 6.20. The number of aliphatic hydroxyl groups is 1. The van der Waals surface area contributed by atoms with Gasteiger partial charge in [0.1, 0.15) is 0 Å². The van der Waals surface area contributed by atoms with E-state index in [-0.39, 0.29) is 6.61 Å². The largest absolute Gasteiger partial charge is 0.398 e. The van der Waals surface area contributed by atoms with Gasteiger partial charge in [-0.1, -0.05) is 6.07 Å². The van der Waals surface area contributed by atoms with Crippen LogP contribution in [0.1, 0.15) is 12.5 Å². The van der Waals surface area contributed by atoms with Gasteiger partial charge in [-0.25, -0.2) is 4.79 Å². The Hall–Kier alpha value is -1.41. The Morgan fingerprint density at radius 1 is 1.43 bits per heavy atom. The standard InChI is InChI=1S/C13H17F3N2O2S/c1-8-3-4-11(21-7-13(14,15)16)10(5-8)18-12(20)17-9(2)6-19/h3-5,9,19H,6-7H2,1-2H3,(H2,17,18,20)/t9-/m0/s1. The number of carbonyl (C=O) groups is 1. The third-order valence-corrected chi connectivity index (χ3v) is 3.56. The molecule has 8 heteroatoms. The van der Waals surface area contributed by atoms with Crippen LogP contribution < -0.4 is 10.6 Å². The van der Waals surface area contributed by atoms with Gasteiger partial charge in [-0.3, -0.25) is 0 Å². The van der Waals surface area contributed by atoms with Crippen LogP contribution in [0.5, 0.6) is 0 Å². The van der Waals surface area contributed by atoms with Crippen LogP contribution in [-0.4, -0.2) is 35.7 Å². The minimum absolute atomic E-state index is 0.225. The van der Waals surface area contributed by atoms with Crippen molar-refractivity contribution in [3.05, 3.63) is 23.8 Å². The second-order valence-electron chi connectivity index (χ2n) is 4.59. The smallest absolute Gasteiger partial charge is 0.394 e. The predicted molar refractivity (Wildman–Crippen MR) is 76.7 cm³/mol. The highest BCUT2D eigenvalue weighted by molar-refractivity contribution is 7.99. The van der Waals surface area contributed by atoms with Gasteiger partial charge in [0.2, 0.25) is 0 Å². The van der Waals surface area contributed by atoms with Crippen LogP contribution in [0.4, 0.5) is 23.7 Å². The molecule has 0 heterocycles. The van der Waals surface area contributed by atoms with Gasteiger partial charge in [0.25, 0.3) is 0 Å². The lowest BCUT2D eigenvalue weighted by Crippen LogP contribution is -2.38. The van der Waals surface area contributed by atoms with Gasteiger partial charge in [0, 0.05) is 4.90 Å². The quantitative estimate of drug-likeness (QED) is 0.730. The summed E-state index contributed by atoms with van der Waals surface area (Å²) in [5, 5.41) is 13.8. The third kappa shape index (κ3) is 6.72. The summed E-state index contributed by atoms with van der Waals surface area (Å²) in [5.41, 5.74) is 1.13. The third-order valence-electron chi connectivity index (χ3n) is 2.43. The number of halogens is 3. The van der Waals surface area contributed by atoms with Crippen LogP contribution in [0.3, 0.4) is 0 Å². The molecule has 0 aliphatic carbocycles. The number of nitrogens with one attached hydrogen (secondary N) is 2. The van der Waals surface area contributed by atoms with Gasteiger partial charge >= 0.3 is 12.2 Å². The molecule has 0 radical (unpaired) electrons. The summed E-state index contributed by atoms with van der Waals surface area (Å²) in [7, 11) is 0. The first kappa shape index (κ1) is 17.6. The zero-order chi connectivity index (χ0) is 16.0. The average molecular weight is 322 g/mol. The molecule has 0 unspecified atom stereocenters. The summed E-state index contributed by atoms with van der Waals surface area (Å²) in [5.74, 6) is -1.03. The maximum Gasteiger partial charge on any atom is 0.398 e. The molecular formula is C13H17F3N2O2S. The minimum Gasteiger partial charge on any atom is -0.394 e. The number of carbonyl (C=O) groups excluding carboxylic acids is 1. The van der Waals surface area contributed by atoms with E-state index in [4.69, 9.17) is 5.11 Å². The van der Waals surface area contributed by atoms with Crippen LogP contribution in [0.15, 0.2) is 23.1 Å². The number of aliphatic hydroxyl groups excluding tert-OH is 1. The number of anilines is 1. The summed E-state index contributed by atoms with van der Waals surface area (Å²) in [6.45, 7) is 3.16. The molecular weight excluding hydrogens is 305 g/mol. The summed E-state index contributed by atoms with van der Waals surface area (Å²) >= 11 is 0.612. The molecule has 1 aromatic carbocycles.